The minimum Gasteiger partial charge on any atom is -0.481 e. The van der Waals surface area contributed by atoms with E-state index in [-0.39, 0.29) is 18.4 Å². The molecule has 1 fully saturated rings. The van der Waals surface area contributed by atoms with E-state index < -0.39 is 5.97 Å². The van der Waals surface area contributed by atoms with E-state index in [0.29, 0.717) is 19.4 Å². The summed E-state index contributed by atoms with van der Waals surface area (Å²) in [5.74, 6) is -0.785. The van der Waals surface area contributed by atoms with Crippen LogP contribution in [0.2, 0.25) is 0 Å². The Balaban J connectivity index is 1.89. The second kappa shape index (κ2) is 6.36. The quantitative estimate of drug-likeness (QED) is 0.837. The van der Waals surface area contributed by atoms with Crippen LogP contribution in [0, 0.1) is 0 Å². The lowest BCUT2D eigenvalue weighted by Gasteiger charge is -2.35. The lowest BCUT2D eigenvalue weighted by atomic mass is 9.98. The highest BCUT2D eigenvalue weighted by molar-refractivity contribution is 5.78. The van der Waals surface area contributed by atoms with Crippen molar-refractivity contribution in [2.45, 2.75) is 44.6 Å². The monoisotopic (exact) mass is 265 g/mol. The fourth-order valence-corrected chi connectivity index (χ4v) is 2.55. The molecular formula is C13H19N3O3. The molecule has 1 atom stereocenters. The van der Waals surface area contributed by atoms with Gasteiger partial charge in [-0.25, -0.2) is 0 Å². The topological polar surface area (TPSA) is 86.3 Å². The van der Waals surface area contributed by atoms with Gasteiger partial charge in [0.1, 0.15) is 0 Å². The van der Waals surface area contributed by atoms with Gasteiger partial charge in [0, 0.05) is 25.2 Å². The van der Waals surface area contributed by atoms with Crippen molar-refractivity contribution in [3.8, 4) is 0 Å². The van der Waals surface area contributed by atoms with Gasteiger partial charge in [-0.1, -0.05) is 0 Å². The zero-order chi connectivity index (χ0) is 13.7. The number of piperidine rings is 1. The predicted octanol–water partition coefficient (Wildman–Crippen LogP) is 1.20. The van der Waals surface area contributed by atoms with Gasteiger partial charge in [0.05, 0.1) is 12.6 Å². The smallest absolute Gasteiger partial charge is 0.305 e. The molecule has 1 aliphatic rings. The molecule has 6 nitrogen and oxygen atoms in total. The molecule has 2 rings (SSSR count). The first-order valence-electron chi connectivity index (χ1n) is 6.65. The number of H-pyrrole nitrogens is 1. The van der Waals surface area contributed by atoms with Crippen LogP contribution in [0.1, 0.15) is 37.7 Å². The van der Waals surface area contributed by atoms with Gasteiger partial charge in [-0.2, -0.15) is 5.10 Å². The van der Waals surface area contributed by atoms with Crippen molar-refractivity contribution in [2.75, 3.05) is 6.54 Å². The molecule has 0 aromatic carbocycles. The van der Waals surface area contributed by atoms with E-state index in [0.717, 1.165) is 24.8 Å². The minimum atomic E-state index is -0.834. The number of likely N-dealkylation sites (tertiary alicyclic amines) is 1. The molecule has 0 radical (unpaired) electrons. The summed E-state index contributed by atoms with van der Waals surface area (Å²) in [7, 11) is 0. The van der Waals surface area contributed by atoms with Crippen LogP contribution in [0.4, 0.5) is 0 Å². The number of aromatic nitrogens is 2. The number of aryl methyl sites for hydroxylation is 1. The Morgan fingerprint density at radius 3 is 3.00 bits per heavy atom. The second-order valence-electron chi connectivity index (χ2n) is 4.94. The third-order valence-electron chi connectivity index (χ3n) is 3.54. The number of carboxylic acid groups (broad SMARTS) is 1. The highest BCUT2D eigenvalue weighted by atomic mass is 16.4. The number of hydrogen-bond acceptors (Lipinski definition) is 3. The van der Waals surface area contributed by atoms with Crippen molar-refractivity contribution in [1.29, 1.82) is 0 Å². The summed E-state index contributed by atoms with van der Waals surface area (Å²) < 4.78 is 0. The first-order valence-corrected chi connectivity index (χ1v) is 6.65. The van der Waals surface area contributed by atoms with Crippen molar-refractivity contribution in [3.05, 3.63) is 18.0 Å². The van der Waals surface area contributed by atoms with Crippen LogP contribution in [-0.4, -0.2) is 44.7 Å². The first-order chi connectivity index (χ1) is 9.16. The standard InChI is InChI=1S/C13H19N3O3/c17-12(5-4-10-8-14-15-9-10)16-6-2-1-3-11(16)7-13(18)19/h8-9,11H,1-7H2,(H,14,15)(H,18,19)/t11-/m1/s1. The van der Waals surface area contributed by atoms with E-state index >= 15 is 0 Å². The molecule has 0 spiro atoms. The van der Waals surface area contributed by atoms with E-state index in [4.69, 9.17) is 5.11 Å². The SMILES string of the molecule is O=C(O)C[C@H]1CCCCN1C(=O)CCc1cn[nH]c1. The van der Waals surface area contributed by atoms with Gasteiger partial charge in [-0.05, 0) is 31.2 Å². The number of aromatic amines is 1. The Kier molecular flexibility index (Phi) is 4.54. The number of amides is 1. The zero-order valence-corrected chi connectivity index (χ0v) is 10.8. The maximum atomic E-state index is 12.2. The Morgan fingerprint density at radius 1 is 1.47 bits per heavy atom. The minimum absolute atomic E-state index is 0.0483. The Hall–Kier alpha value is -1.85. The van der Waals surface area contributed by atoms with E-state index in [2.05, 4.69) is 10.2 Å². The summed E-state index contributed by atoms with van der Waals surface area (Å²) in [6.45, 7) is 0.683. The molecule has 1 saturated heterocycles. The largest absolute Gasteiger partial charge is 0.481 e. The number of carbonyl (C=O) groups excluding carboxylic acids is 1. The summed E-state index contributed by atoms with van der Waals surface area (Å²) in [6.07, 6.45) is 7.36. The summed E-state index contributed by atoms with van der Waals surface area (Å²) in [5.41, 5.74) is 1.00. The molecule has 2 heterocycles. The molecule has 1 aromatic heterocycles. The number of aliphatic carboxylic acids is 1. The van der Waals surface area contributed by atoms with Crippen LogP contribution in [0.3, 0.4) is 0 Å². The third-order valence-corrected chi connectivity index (χ3v) is 3.54. The Bertz CT molecular complexity index is 430. The number of carbonyl (C=O) groups is 2. The van der Waals surface area contributed by atoms with E-state index in [1.54, 1.807) is 17.3 Å². The molecule has 2 N–H and O–H groups in total. The second-order valence-corrected chi connectivity index (χ2v) is 4.94. The lowest BCUT2D eigenvalue weighted by Crippen LogP contribution is -2.44. The van der Waals surface area contributed by atoms with E-state index in [1.807, 2.05) is 0 Å². The van der Waals surface area contributed by atoms with Gasteiger partial charge in [0.25, 0.3) is 0 Å². The highest BCUT2D eigenvalue weighted by Crippen LogP contribution is 2.21. The van der Waals surface area contributed by atoms with E-state index in [1.165, 1.54) is 0 Å². The summed E-state index contributed by atoms with van der Waals surface area (Å²) >= 11 is 0. The maximum absolute atomic E-state index is 12.2. The van der Waals surface area contributed by atoms with Gasteiger partial charge in [-0.15, -0.1) is 0 Å². The summed E-state index contributed by atoms with van der Waals surface area (Å²) in [4.78, 5) is 24.8. The van der Waals surface area contributed by atoms with Crippen molar-refractivity contribution in [3.63, 3.8) is 0 Å². The van der Waals surface area contributed by atoms with Crippen molar-refractivity contribution < 1.29 is 14.7 Å². The fourth-order valence-electron chi connectivity index (χ4n) is 2.55. The van der Waals surface area contributed by atoms with Gasteiger partial charge < -0.3 is 10.0 Å². The lowest BCUT2D eigenvalue weighted by molar-refractivity contribution is -0.141. The Labute approximate surface area is 111 Å². The number of carboxylic acids is 1. The molecule has 0 unspecified atom stereocenters. The average Bonchev–Trinajstić information content (AvgIpc) is 2.89. The summed E-state index contributed by atoms with van der Waals surface area (Å²) in [6, 6.07) is -0.136. The van der Waals surface area contributed by atoms with Crippen LogP contribution in [0.15, 0.2) is 12.4 Å². The Morgan fingerprint density at radius 2 is 2.32 bits per heavy atom. The molecule has 104 valence electrons. The van der Waals surface area contributed by atoms with Crippen molar-refractivity contribution >= 4 is 11.9 Å². The third kappa shape index (κ3) is 3.81. The van der Waals surface area contributed by atoms with Crippen LogP contribution in [0.25, 0.3) is 0 Å². The van der Waals surface area contributed by atoms with Gasteiger partial charge in [-0.3, -0.25) is 14.7 Å². The highest BCUT2D eigenvalue weighted by Gasteiger charge is 2.27. The average molecular weight is 265 g/mol. The van der Waals surface area contributed by atoms with Crippen molar-refractivity contribution in [2.24, 2.45) is 0 Å². The normalized spacial score (nSPS) is 19.4. The molecule has 1 amide bonds. The molecule has 1 aromatic rings. The van der Waals surface area contributed by atoms with Gasteiger partial charge in [0.15, 0.2) is 0 Å². The number of nitrogens with zero attached hydrogens (tertiary/aromatic N) is 2. The number of hydrogen-bond donors (Lipinski definition) is 2. The summed E-state index contributed by atoms with van der Waals surface area (Å²) in [5, 5.41) is 15.4. The molecule has 19 heavy (non-hydrogen) atoms. The molecular weight excluding hydrogens is 246 g/mol. The fraction of sp³-hybridized carbons (Fsp3) is 0.615. The molecule has 0 saturated carbocycles. The van der Waals surface area contributed by atoms with Crippen LogP contribution in [0.5, 0.6) is 0 Å². The van der Waals surface area contributed by atoms with Crippen molar-refractivity contribution in [1.82, 2.24) is 15.1 Å². The molecule has 0 aliphatic carbocycles. The molecule has 1 aliphatic heterocycles. The predicted molar refractivity (Wildman–Crippen MR) is 68.5 cm³/mol. The number of rotatable bonds is 5. The zero-order valence-electron chi connectivity index (χ0n) is 10.8. The first kappa shape index (κ1) is 13.6. The number of nitrogens with one attached hydrogen (secondary N) is 1. The van der Waals surface area contributed by atoms with Gasteiger partial charge in [0.2, 0.25) is 5.91 Å². The molecule has 6 heteroatoms. The van der Waals surface area contributed by atoms with Crippen LogP contribution < -0.4 is 0 Å². The van der Waals surface area contributed by atoms with Crippen LogP contribution in [-0.2, 0) is 16.0 Å². The van der Waals surface area contributed by atoms with Crippen LogP contribution >= 0.6 is 0 Å². The maximum Gasteiger partial charge on any atom is 0.305 e. The van der Waals surface area contributed by atoms with Gasteiger partial charge >= 0.3 is 5.97 Å². The molecule has 0 bridgehead atoms. The van der Waals surface area contributed by atoms with E-state index in [9.17, 15) is 9.59 Å².